The van der Waals surface area contributed by atoms with Gasteiger partial charge in [0.2, 0.25) is 10.0 Å². The van der Waals surface area contributed by atoms with Crippen LogP contribution in [0.3, 0.4) is 0 Å². The van der Waals surface area contributed by atoms with Crippen LogP contribution >= 0.6 is 0 Å². The number of hydrogen-bond acceptors (Lipinski definition) is 7. The van der Waals surface area contributed by atoms with Crippen LogP contribution in [-0.4, -0.2) is 68.7 Å². The quantitative estimate of drug-likeness (QED) is 0.274. The minimum absolute atomic E-state index is 0.00353. The highest BCUT2D eigenvalue weighted by Crippen LogP contribution is 2.60. The Morgan fingerprint density at radius 2 is 1.52 bits per heavy atom. The summed E-state index contributed by atoms with van der Waals surface area (Å²) in [5, 5.41) is 0. The van der Waals surface area contributed by atoms with Gasteiger partial charge in [0.15, 0.2) is 0 Å². The number of pyridine rings is 1. The summed E-state index contributed by atoms with van der Waals surface area (Å²) in [5.41, 5.74) is 0.415. The SMILES string of the molecule is CCOc1cncc(-c2cc(C(=O)N3CCN(c4ccc(C(=O)NS(=O)(=O)CC56CC7CC(CC(C7)C5)C6)cc4)CC3)cc(C(F)(F)F)c2)c1. The zero-order valence-corrected chi connectivity index (χ0v) is 28.7. The molecule has 0 spiro atoms. The number of alkyl halides is 3. The molecule has 4 aliphatic carbocycles. The van der Waals surface area contributed by atoms with Crippen LogP contribution in [-0.2, 0) is 16.2 Å². The summed E-state index contributed by atoms with van der Waals surface area (Å²) in [6.07, 6.45) is 4.69. The van der Waals surface area contributed by atoms with Crippen LogP contribution in [0.2, 0.25) is 0 Å². The Morgan fingerprint density at radius 3 is 2.12 bits per heavy atom. The number of benzene rings is 2. The van der Waals surface area contributed by atoms with Gasteiger partial charge in [-0.15, -0.1) is 0 Å². The van der Waals surface area contributed by atoms with Crippen molar-refractivity contribution in [3.05, 3.63) is 77.6 Å². The van der Waals surface area contributed by atoms with E-state index in [4.69, 9.17) is 4.74 Å². The topological polar surface area (TPSA) is 109 Å². The van der Waals surface area contributed by atoms with Crippen molar-refractivity contribution < 1.29 is 35.9 Å². The van der Waals surface area contributed by atoms with Gasteiger partial charge in [-0.2, -0.15) is 13.2 Å². The van der Waals surface area contributed by atoms with Crippen molar-refractivity contribution >= 4 is 27.5 Å². The third kappa shape index (κ3) is 7.33. The Morgan fingerprint density at radius 1 is 0.880 bits per heavy atom. The number of halogens is 3. The van der Waals surface area contributed by atoms with Gasteiger partial charge in [0.25, 0.3) is 11.8 Å². The standard InChI is InChI=1S/C37H41F3N4O5S/c1-2-49-33-17-30(21-41-22-33)28-14-29(16-31(15-28)37(38,39)40)35(46)44-9-7-43(8-10-44)32-5-3-27(4-6-32)34(45)42-50(47,48)23-36-18-24-11-25(19-36)13-26(12-24)20-36/h3-6,14-17,21-22,24-26H,2,7-13,18-20,23H2,1H3,(H,42,45). The van der Waals surface area contributed by atoms with E-state index in [0.29, 0.717) is 48.8 Å². The number of carbonyl (C=O) groups is 2. The van der Waals surface area contributed by atoms with E-state index < -0.39 is 33.6 Å². The molecular formula is C37H41F3N4O5S. The first kappa shape index (κ1) is 34.3. The molecule has 5 fully saturated rings. The fraction of sp³-hybridized carbons (Fsp3) is 0.486. The molecule has 0 unspecified atom stereocenters. The number of nitrogens with one attached hydrogen (secondary N) is 1. The van der Waals surface area contributed by atoms with Gasteiger partial charge in [0.05, 0.1) is 24.1 Å². The van der Waals surface area contributed by atoms with Crippen molar-refractivity contribution in [3.8, 4) is 16.9 Å². The number of ether oxygens (including phenoxy) is 1. The molecule has 2 amide bonds. The molecule has 1 saturated heterocycles. The average Bonchev–Trinajstić information content (AvgIpc) is 3.06. The van der Waals surface area contributed by atoms with Crippen LogP contribution in [0.4, 0.5) is 18.9 Å². The summed E-state index contributed by atoms with van der Waals surface area (Å²) in [4.78, 5) is 34.1. The van der Waals surface area contributed by atoms with Crippen molar-refractivity contribution in [2.24, 2.45) is 23.2 Å². The Hall–Kier alpha value is -4.13. The molecule has 5 aliphatic rings. The largest absolute Gasteiger partial charge is 0.492 e. The van der Waals surface area contributed by atoms with E-state index in [1.165, 1.54) is 42.6 Å². The Labute approximate surface area is 290 Å². The minimum Gasteiger partial charge on any atom is -0.492 e. The van der Waals surface area contributed by atoms with Crippen molar-refractivity contribution in [2.45, 2.75) is 51.6 Å². The van der Waals surface area contributed by atoms with Crippen LogP contribution in [0, 0.1) is 23.2 Å². The van der Waals surface area contributed by atoms with E-state index in [2.05, 4.69) is 9.71 Å². The fourth-order valence-corrected chi connectivity index (χ4v) is 10.8. The highest BCUT2D eigenvalue weighted by molar-refractivity contribution is 7.90. The predicted octanol–water partition coefficient (Wildman–Crippen LogP) is 6.40. The summed E-state index contributed by atoms with van der Waals surface area (Å²) in [7, 11) is -3.81. The van der Waals surface area contributed by atoms with E-state index in [9.17, 15) is 31.2 Å². The fourth-order valence-electron chi connectivity index (χ4n) is 9.18. The van der Waals surface area contributed by atoms with Crippen LogP contribution < -0.4 is 14.4 Å². The minimum atomic E-state index is -4.66. The molecule has 9 nitrogen and oxygen atoms in total. The van der Waals surface area contributed by atoms with Crippen LogP contribution in [0.5, 0.6) is 5.75 Å². The molecule has 266 valence electrons. The lowest BCUT2D eigenvalue weighted by molar-refractivity contribution is -0.137. The molecule has 4 bridgehead atoms. The van der Waals surface area contributed by atoms with Crippen LogP contribution in [0.25, 0.3) is 11.1 Å². The van der Waals surface area contributed by atoms with Gasteiger partial charge in [0.1, 0.15) is 5.75 Å². The lowest BCUT2D eigenvalue weighted by Gasteiger charge is -2.56. The molecule has 2 aromatic carbocycles. The Bertz CT molecular complexity index is 1840. The molecule has 1 aliphatic heterocycles. The highest BCUT2D eigenvalue weighted by atomic mass is 32.2. The third-order valence-corrected chi connectivity index (χ3v) is 12.3. The van der Waals surface area contributed by atoms with Gasteiger partial charge in [-0.3, -0.25) is 14.6 Å². The van der Waals surface area contributed by atoms with Gasteiger partial charge in [-0.1, -0.05) is 0 Å². The lowest BCUT2D eigenvalue weighted by atomic mass is 9.50. The van der Waals surface area contributed by atoms with Gasteiger partial charge >= 0.3 is 6.18 Å². The molecular weight excluding hydrogens is 669 g/mol. The molecule has 3 aromatic rings. The first-order chi connectivity index (χ1) is 23.8. The second kappa shape index (κ2) is 13.2. The Kier molecular flexibility index (Phi) is 9.06. The number of aromatic nitrogens is 1. The first-order valence-electron chi connectivity index (χ1n) is 17.3. The summed E-state index contributed by atoms with van der Waals surface area (Å²) < 4.78 is 75.8. The normalized spacial score (nSPS) is 24.7. The van der Waals surface area contributed by atoms with Gasteiger partial charge in [-0.05, 0) is 123 Å². The summed E-state index contributed by atoms with van der Waals surface area (Å²) in [6, 6.07) is 11.6. The van der Waals surface area contributed by atoms with Gasteiger partial charge in [0, 0.05) is 54.8 Å². The maximum absolute atomic E-state index is 13.9. The smallest absolute Gasteiger partial charge is 0.416 e. The third-order valence-electron chi connectivity index (χ3n) is 10.8. The highest BCUT2D eigenvalue weighted by Gasteiger charge is 2.52. The number of anilines is 1. The number of amides is 2. The predicted molar refractivity (Wildman–Crippen MR) is 182 cm³/mol. The molecule has 4 saturated carbocycles. The zero-order chi connectivity index (χ0) is 35.3. The number of rotatable bonds is 9. The summed E-state index contributed by atoms with van der Waals surface area (Å²) in [6.45, 7) is 3.55. The van der Waals surface area contributed by atoms with Crippen molar-refractivity contribution in [3.63, 3.8) is 0 Å². The van der Waals surface area contributed by atoms with E-state index >= 15 is 0 Å². The van der Waals surface area contributed by atoms with E-state index in [0.717, 1.165) is 37.1 Å². The van der Waals surface area contributed by atoms with E-state index in [1.54, 1.807) is 37.3 Å². The molecule has 1 aromatic heterocycles. The number of hydrogen-bond donors (Lipinski definition) is 1. The molecule has 8 rings (SSSR count). The number of sulfonamides is 1. The molecule has 1 N–H and O–H groups in total. The van der Waals surface area contributed by atoms with Crippen LogP contribution in [0.15, 0.2) is 60.9 Å². The number of piperazine rings is 1. The van der Waals surface area contributed by atoms with Gasteiger partial charge < -0.3 is 14.5 Å². The maximum atomic E-state index is 13.9. The van der Waals surface area contributed by atoms with E-state index in [-0.39, 0.29) is 40.9 Å². The number of carbonyl (C=O) groups excluding carboxylic acids is 2. The van der Waals surface area contributed by atoms with Crippen LogP contribution in [0.1, 0.15) is 71.7 Å². The second-order valence-corrected chi connectivity index (χ2v) is 16.3. The molecule has 2 heterocycles. The molecule has 50 heavy (non-hydrogen) atoms. The maximum Gasteiger partial charge on any atom is 0.416 e. The molecule has 13 heteroatoms. The number of nitrogens with zero attached hydrogens (tertiary/aromatic N) is 3. The first-order valence-corrected chi connectivity index (χ1v) is 18.9. The van der Waals surface area contributed by atoms with Crippen molar-refractivity contribution in [1.29, 1.82) is 0 Å². The zero-order valence-electron chi connectivity index (χ0n) is 27.9. The lowest BCUT2D eigenvalue weighted by Crippen LogP contribution is -2.51. The Balaban J connectivity index is 0.977. The molecule has 0 radical (unpaired) electrons. The molecule has 0 atom stereocenters. The summed E-state index contributed by atoms with van der Waals surface area (Å²) in [5.74, 6) is 1.08. The monoisotopic (exact) mass is 710 g/mol. The van der Waals surface area contributed by atoms with Gasteiger partial charge in [-0.25, -0.2) is 13.1 Å². The summed E-state index contributed by atoms with van der Waals surface area (Å²) >= 11 is 0. The second-order valence-electron chi connectivity index (χ2n) is 14.6. The van der Waals surface area contributed by atoms with E-state index in [1.807, 2.05) is 4.90 Å². The average molecular weight is 711 g/mol. The van der Waals surface area contributed by atoms with Crippen molar-refractivity contribution in [1.82, 2.24) is 14.6 Å². The van der Waals surface area contributed by atoms with Crippen molar-refractivity contribution in [2.75, 3.05) is 43.4 Å².